The van der Waals surface area contributed by atoms with Crippen LogP contribution in [0.4, 0.5) is 5.82 Å². The molecule has 10 nitrogen and oxygen atoms in total. The molecule has 0 unspecified atom stereocenters. The summed E-state index contributed by atoms with van der Waals surface area (Å²) in [5, 5.41) is 25.4. The fourth-order valence-electron chi connectivity index (χ4n) is 2.50. The number of carbonyl (C=O) groups is 1. The molecule has 154 valence electrons. The molecule has 3 heterocycles. The van der Waals surface area contributed by atoms with E-state index in [-0.39, 0.29) is 11.7 Å². The average molecular weight is 455 g/mol. The van der Waals surface area contributed by atoms with Crippen molar-refractivity contribution in [1.82, 2.24) is 25.3 Å². The molecular formula is C16H19ClN8O2S2. The number of carboxylic acids is 1. The number of aryl methyl sites for hydroxylation is 1. The van der Waals surface area contributed by atoms with Crippen LogP contribution in [-0.4, -0.2) is 50.1 Å². The minimum Gasteiger partial charge on any atom is -0.476 e. The molecule has 0 aliphatic rings. The number of aromatic nitrogens is 4. The van der Waals surface area contributed by atoms with Crippen LogP contribution in [0.15, 0.2) is 14.9 Å². The van der Waals surface area contributed by atoms with Crippen LogP contribution >= 0.6 is 34.7 Å². The topological polar surface area (TPSA) is 166 Å². The van der Waals surface area contributed by atoms with Gasteiger partial charge >= 0.3 is 5.97 Å². The van der Waals surface area contributed by atoms with Crippen LogP contribution in [0, 0.1) is 5.41 Å². The average Bonchev–Trinajstić information content (AvgIpc) is 3.26. The number of rotatable bonds is 9. The number of guanidine groups is 1. The molecule has 0 saturated heterocycles. The Bertz CT molecular complexity index is 1050. The van der Waals surface area contributed by atoms with Crippen molar-refractivity contribution in [3.05, 3.63) is 21.8 Å². The van der Waals surface area contributed by atoms with Gasteiger partial charge in [-0.3, -0.25) is 5.41 Å². The lowest BCUT2D eigenvalue weighted by atomic mass is 10.3. The third kappa shape index (κ3) is 5.08. The Morgan fingerprint density at radius 1 is 1.41 bits per heavy atom. The first kappa shape index (κ1) is 21.1. The second-order valence-corrected chi connectivity index (χ2v) is 8.33. The molecule has 0 radical (unpaired) electrons. The van der Waals surface area contributed by atoms with E-state index >= 15 is 0 Å². The minimum absolute atomic E-state index is 0.00825. The SMILES string of the molecule is CCc1[nH]c2nc(Sc3nc(C(=O)O)cs3)nc(NCCCNC(=N)N)c2c1Cl. The first-order valence-corrected chi connectivity index (χ1v) is 10.7. The van der Waals surface area contributed by atoms with E-state index in [9.17, 15) is 4.79 Å². The van der Waals surface area contributed by atoms with Crippen molar-refractivity contribution in [2.75, 3.05) is 18.4 Å². The molecule has 0 fully saturated rings. The fraction of sp³-hybridized carbons (Fsp3) is 0.312. The van der Waals surface area contributed by atoms with Gasteiger partial charge in [0.15, 0.2) is 21.1 Å². The van der Waals surface area contributed by atoms with Crippen LogP contribution in [0.25, 0.3) is 11.0 Å². The molecule has 0 spiro atoms. The number of nitrogens with zero attached hydrogens (tertiary/aromatic N) is 3. The van der Waals surface area contributed by atoms with Crippen LogP contribution < -0.4 is 16.4 Å². The standard InChI is InChI=1S/C16H19ClN8O2S2/c1-2-7-10(17)9-11(20-4-3-5-21-14(18)19)24-15(25-12(9)22-7)29-16-23-8(6-28-16)13(26)27/h6H,2-5H2,1H3,(H,26,27)(H4,18,19,21)(H2,20,22,24,25). The molecule has 0 saturated carbocycles. The molecule has 7 N–H and O–H groups in total. The van der Waals surface area contributed by atoms with E-state index < -0.39 is 5.97 Å². The zero-order valence-electron chi connectivity index (χ0n) is 15.4. The molecule has 3 rings (SSSR count). The van der Waals surface area contributed by atoms with Gasteiger partial charge in [0, 0.05) is 24.2 Å². The number of anilines is 1. The van der Waals surface area contributed by atoms with Gasteiger partial charge in [-0.05, 0) is 24.6 Å². The predicted molar refractivity (Wildman–Crippen MR) is 114 cm³/mol. The van der Waals surface area contributed by atoms with E-state index in [1.807, 2.05) is 6.92 Å². The van der Waals surface area contributed by atoms with Crippen molar-refractivity contribution in [3.8, 4) is 0 Å². The van der Waals surface area contributed by atoms with Gasteiger partial charge in [0.05, 0.1) is 10.4 Å². The summed E-state index contributed by atoms with van der Waals surface area (Å²) < 4.78 is 0.534. The zero-order valence-corrected chi connectivity index (χ0v) is 17.8. The first-order chi connectivity index (χ1) is 13.9. The summed E-state index contributed by atoms with van der Waals surface area (Å²) >= 11 is 8.91. The highest BCUT2D eigenvalue weighted by atomic mass is 35.5. The number of nitrogens with one attached hydrogen (secondary N) is 4. The van der Waals surface area contributed by atoms with Gasteiger partial charge in [-0.15, -0.1) is 11.3 Å². The molecular weight excluding hydrogens is 436 g/mol. The largest absolute Gasteiger partial charge is 0.476 e. The Morgan fingerprint density at radius 3 is 2.86 bits per heavy atom. The van der Waals surface area contributed by atoms with Crippen molar-refractivity contribution in [2.24, 2.45) is 5.73 Å². The number of aromatic amines is 1. The minimum atomic E-state index is -1.07. The maximum atomic E-state index is 11.0. The molecule has 0 atom stereocenters. The monoisotopic (exact) mass is 454 g/mol. The highest BCUT2D eigenvalue weighted by molar-refractivity contribution is 8.00. The molecule has 0 bridgehead atoms. The number of hydrogen-bond acceptors (Lipinski definition) is 8. The summed E-state index contributed by atoms with van der Waals surface area (Å²) in [5.74, 6) is -0.565. The van der Waals surface area contributed by atoms with E-state index in [1.165, 1.54) is 28.5 Å². The van der Waals surface area contributed by atoms with E-state index in [4.69, 9.17) is 27.9 Å². The second kappa shape index (κ2) is 9.29. The number of fused-ring (bicyclic) bond motifs is 1. The Morgan fingerprint density at radius 2 is 2.21 bits per heavy atom. The Labute approximate surface area is 179 Å². The van der Waals surface area contributed by atoms with Crippen molar-refractivity contribution < 1.29 is 9.90 Å². The highest BCUT2D eigenvalue weighted by Crippen LogP contribution is 2.35. The van der Waals surface area contributed by atoms with E-state index in [2.05, 4.69) is 30.6 Å². The normalized spacial score (nSPS) is 11.0. The molecule has 13 heteroatoms. The predicted octanol–water partition coefficient (Wildman–Crippen LogP) is 2.76. The number of carboxylic acid groups (broad SMARTS) is 1. The summed E-state index contributed by atoms with van der Waals surface area (Å²) in [6.07, 6.45) is 1.43. The van der Waals surface area contributed by atoms with Gasteiger partial charge in [-0.2, -0.15) is 0 Å². The van der Waals surface area contributed by atoms with Crippen molar-refractivity contribution in [2.45, 2.75) is 29.3 Å². The lowest BCUT2D eigenvalue weighted by Crippen LogP contribution is -2.31. The first-order valence-electron chi connectivity index (χ1n) is 8.65. The van der Waals surface area contributed by atoms with E-state index in [0.717, 1.165) is 5.69 Å². The van der Waals surface area contributed by atoms with Gasteiger partial charge in [0.1, 0.15) is 11.5 Å². The Kier molecular flexibility index (Phi) is 6.77. The van der Waals surface area contributed by atoms with E-state index in [0.29, 0.717) is 57.3 Å². The van der Waals surface area contributed by atoms with Crippen molar-refractivity contribution >= 4 is 63.5 Å². The maximum Gasteiger partial charge on any atom is 0.355 e. The summed E-state index contributed by atoms with van der Waals surface area (Å²) in [7, 11) is 0. The number of nitrogens with two attached hydrogens (primary N) is 1. The van der Waals surface area contributed by atoms with Gasteiger partial charge in [-0.25, -0.2) is 19.7 Å². The molecule has 3 aromatic rings. The van der Waals surface area contributed by atoms with Gasteiger partial charge in [0.25, 0.3) is 0 Å². The zero-order chi connectivity index (χ0) is 21.0. The van der Waals surface area contributed by atoms with Crippen LogP contribution in [0.3, 0.4) is 0 Å². The number of thiazole rings is 1. The van der Waals surface area contributed by atoms with E-state index in [1.54, 1.807) is 0 Å². The lowest BCUT2D eigenvalue weighted by Gasteiger charge is -2.09. The summed E-state index contributed by atoms with van der Waals surface area (Å²) in [6, 6.07) is 0. The van der Waals surface area contributed by atoms with Crippen LogP contribution in [0.5, 0.6) is 0 Å². The third-order valence-corrected chi connectivity index (χ3v) is 6.06. The summed E-state index contributed by atoms with van der Waals surface area (Å²) in [4.78, 5) is 27.4. The third-order valence-electron chi connectivity index (χ3n) is 3.84. The van der Waals surface area contributed by atoms with Gasteiger partial charge in [-0.1, -0.05) is 18.5 Å². The summed E-state index contributed by atoms with van der Waals surface area (Å²) in [5.41, 5.74) is 6.73. The summed E-state index contributed by atoms with van der Waals surface area (Å²) in [6.45, 7) is 3.12. The van der Waals surface area contributed by atoms with Crippen LogP contribution in [0.1, 0.15) is 29.5 Å². The lowest BCUT2D eigenvalue weighted by molar-refractivity contribution is 0.0691. The molecule has 29 heavy (non-hydrogen) atoms. The molecule has 3 aromatic heterocycles. The molecule has 0 aliphatic heterocycles. The van der Waals surface area contributed by atoms with Gasteiger partial charge < -0.3 is 26.5 Å². The molecule has 0 aromatic carbocycles. The number of halogens is 1. The van der Waals surface area contributed by atoms with Gasteiger partial charge in [0.2, 0.25) is 0 Å². The molecule has 0 aliphatic carbocycles. The van der Waals surface area contributed by atoms with Crippen molar-refractivity contribution in [3.63, 3.8) is 0 Å². The van der Waals surface area contributed by atoms with Crippen molar-refractivity contribution in [1.29, 1.82) is 5.41 Å². The quantitative estimate of drug-likeness (QED) is 0.123. The van der Waals surface area contributed by atoms with Crippen LogP contribution in [-0.2, 0) is 6.42 Å². The highest BCUT2D eigenvalue weighted by Gasteiger charge is 2.18. The maximum absolute atomic E-state index is 11.0. The number of hydrogen-bond donors (Lipinski definition) is 6. The smallest absolute Gasteiger partial charge is 0.355 e. The Balaban J connectivity index is 1.86. The van der Waals surface area contributed by atoms with Crippen LogP contribution in [0.2, 0.25) is 5.02 Å². The number of aromatic carboxylic acids is 1. The fourth-order valence-corrected chi connectivity index (χ4v) is 4.51. The number of H-pyrrole nitrogens is 1. The second-order valence-electron chi connectivity index (χ2n) is 5.88. The Hall–Kier alpha value is -2.57. The molecule has 0 amide bonds.